The first-order valence-electron chi connectivity index (χ1n) is 10.2. The minimum absolute atomic E-state index is 0.212. The van der Waals surface area contributed by atoms with Crippen molar-refractivity contribution < 1.29 is 19.1 Å². The summed E-state index contributed by atoms with van der Waals surface area (Å²) in [7, 11) is 3.65. The average Bonchev–Trinajstić information content (AvgIpc) is 2.74. The number of benzene rings is 1. The van der Waals surface area contributed by atoms with E-state index in [9.17, 15) is 9.18 Å². The number of hydrogen-bond donors (Lipinski definition) is 2. The number of amides is 1. The number of aromatic nitrogens is 1. The van der Waals surface area contributed by atoms with Gasteiger partial charge in [-0.25, -0.2) is 9.87 Å². The lowest BCUT2D eigenvalue weighted by Gasteiger charge is -2.18. The summed E-state index contributed by atoms with van der Waals surface area (Å²) in [6.07, 6.45) is 4.59. The molecule has 0 radical (unpaired) electrons. The average molecular weight is 418 g/mol. The SMILES string of the molecule is COc1ccc(CN(C)CCCC[C@@H](Cc2cc(C)c(F)c(C)c2)C(=O)NO)nc1. The van der Waals surface area contributed by atoms with Gasteiger partial charge in [0.2, 0.25) is 5.91 Å². The van der Waals surface area contributed by atoms with Gasteiger partial charge in [-0.3, -0.25) is 15.0 Å². The van der Waals surface area contributed by atoms with Crippen molar-refractivity contribution in [2.75, 3.05) is 20.7 Å². The highest BCUT2D eigenvalue weighted by atomic mass is 19.1. The van der Waals surface area contributed by atoms with Gasteiger partial charge in [-0.1, -0.05) is 18.6 Å². The zero-order chi connectivity index (χ0) is 22.1. The second kappa shape index (κ2) is 11.6. The van der Waals surface area contributed by atoms with E-state index in [1.54, 1.807) is 44.8 Å². The van der Waals surface area contributed by atoms with Crippen molar-refractivity contribution >= 4 is 5.91 Å². The number of aryl methyl sites for hydroxylation is 2. The van der Waals surface area contributed by atoms with Crippen LogP contribution in [0, 0.1) is 25.6 Å². The van der Waals surface area contributed by atoms with Crippen LogP contribution in [0.3, 0.4) is 0 Å². The Morgan fingerprint density at radius 3 is 2.53 bits per heavy atom. The third-order valence-electron chi connectivity index (χ3n) is 5.27. The maximum absolute atomic E-state index is 13.9. The minimum atomic E-state index is -0.398. The first-order chi connectivity index (χ1) is 14.3. The third kappa shape index (κ3) is 7.07. The maximum atomic E-state index is 13.9. The first kappa shape index (κ1) is 23.8. The van der Waals surface area contributed by atoms with Crippen molar-refractivity contribution in [2.45, 2.75) is 46.1 Å². The Morgan fingerprint density at radius 2 is 1.97 bits per heavy atom. The Hall–Kier alpha value is -2.51. The normalized spacial score (nSPS) is 12.1. The van der Waals surface area contributed by atoms with Gasteiger partial charge < -0.3 is 9.64 Å². The van der Waals surface area contributed by atoms with Gasteiger partial charge in [0.1, 0.15) is 11.6 Å². The summed E-state index contributed by atoms with van der Waals surface area (Å²) in [6.45, 7) is 5.05. The van der Waals surface area contributed by atoms with Crippen LogP contribution in [-0.2, 0) is 17.8 Å². The number of hydroxylamine groups is 1. The summed E-state index contributed by atoms with van der Waals surface area (Å²) in [6, 6.07) is 7.39. The molecule has 30 heavy (non-hydrogen) atoms. The van der Waals surface area contributed by atoms with E-state index >= 15 is 0 Å². The number of rotatable bonds is 11. The molecule has 6 nitrogen and oxygen atoms in total. The van der Waals surface area contributed by atoms with Crippen LogP contribution in [-0.4, -0.2) is 41.7 Å². The molecule has 0 saturated heterocycles. The predicted molar refractivity (Wildman–Crippen MR) is 114 cm³/mol. The lowest BCUT2D eigenvalue weighted by atomic mass is 9.91. The fraction of sp³-hybridized carbons (Fsp3) is 0.478. The fourth-order valence-electron chi connectivity index (χ4n) is 3.61. The molecule has 7 heteroatoms. The van der Waals surface area contributed by atoms with Crippen molar-refractivity contribution in [3.8, 4) is 5.75 Å². The molecule has 0 aliphatic heterocycles. The summed E-state index contributed by atoms with van der Waals surface area (Å²) in [5.74, 6) is -0.226. The highest BCUT2D eigenvalue weighted by molar-refractivity contribution is 5.77. The molecule has 1 heterocycles. The van der Waals surface area contributed by atoms with Gasteiger partial charge in [0.15, 0.2) is 0 Å². The Bertz CT molecular complexity index is 804. The van der Waals surface area contributed by atoms with Crippen molar-refractivity contribution in [2.24, 2.45) is 5.92 Å². The van der Waals surface area contributed by atoms with Gasteiger partial charge >= 0.3 is 0 Å². The number of methoxy groups -OCH3 is 1. The van der Waals surface area contributed by atoms with Gasteiger partial charge in [-0.05, 0) is 75.5 Å². The van der Waals surface area contributed by atoms with Crippen LogP contribution in [0.5, 0.6) is 5.75 Å². The molecule has 1 amide bonds. The summed E-state index contributed by atoms with van der Waals surface area (Å²) >= 11 is 0. The largest absolute Gasteiger partial charge is 0.495 e. The Balaban J connectivity index is 1.83. The number of ether oxygens (including phenoxy) is 1. The molecule has 0 bridgehead atoms. The second-order valence-electron chi connectivity index (χ2n) is 7.84. The zero-order valence-corrected chi connectivity index (χ0v) is 18.2. The third-order valence-corrected chi connectivity index (χ3v) is 5.27. The standard InChI is InChI=1S/C23H32FN3O3/c1-16-11-18(12-17(2)22(16)24)13-19(23(28)26-29)7-5-6-10-27(3)15-20-8-9-21(30-4)14-25-20/h8-9,11-12,14,19,29H,5-7,10,13,15H2,1-4H3,(H,26,28)/t19-/m0/s1. The quantitative estimate of drug-likeness (QED) is 0.330. The van der Waals surface area contributed by atoms with Gasteiger partial charge in [-0.2, -0.15) is 0 Å². The van der Waals surface area contributed by atoms with Gasteiger partial charge in [0.05, 0.1) is 19.0 Å². The van der Waals surface area contributed by atoms with Crippen LogP contribution in [0.2, 0.25) is 0 Å². The molecule has 0 saturated carbocycles. The molecule has 0 fully saturated rings. The van der Waals surface area contributed by atoms with Crippen LogP contribution >= 0.6 is 0 Å². The summed E-state index contributed by atoms with van der Waals surface area (Å²) < 4.78 is 19.0. The molecular weight excluding hydrogens is 385 g/mol. The van der Waals surface area contributed by atoms with E-state index in [4.69, 9.17) is 9.94 Å². The van der Waals surface area contributed by atoms with E-state index in [1.807, 2.05) is 19.2 Å². The van der Waals surface area contributed by atoms with E-state index in [2.05, 4.69) is 9.88 Å². The number of pyridine rings is 1. The van der Waals surface area contributed by atoms with E-state index in [-0.39, 0.29) is 11.7 Å². The van der Waals surface area contributed by atoms with Crippen LogP contribution in [0.25, 0.3) is 0 Å². The monoisotopic (exact) mass is 417 g/mol. The first-order valence-corrected chi connectivity index (χ1v) is 10.2. The molecule has 2 aromatic rings. The molecule has 1 aromatic heterocycles. The lowest BCUT2D eigenvalue weighted by Crippen LogP contribution is -2.29. The van der Waals surface area contributed by atoms with Crippen LogP contribution in [0.1, 0.15) is 41.6 Å². The van der Waals surface area contributed by atoms with E-state index in [1.165, 1.54) is 0 Å². The number of nitrogens with one attached hydrogen (secondary N) is 1. The smallest absolute Gasteiger partial charge is 0.246 e. The number of hydrogen-bond acceptors (Lipinski definition) is 5. The maximum Gasteiger partial charge on any atom is 0.246 e. The predicted octanol–water partition coefficient (Wildman–Crippen LogP) is 3.81. The number of unbranched alkanes of at least 4 members (excludes halogenated alkanes) is 1. The second-order valence-corrected chi connectivity index (χ2v) is 7.84. The molecule has 0 aliphatic carbocycles. The number of carbonyl (C=O) groups excluding carboxylic acids is 1. The molecule has 0 aliphatic rings. The van der Waals surface area contributed by atoms with Crippen molar-refractivity contribution in [3.05, 3.63) is 58.7 Å². The highest BCUT2D eigenvalue weighted by Gasteiger charge is 2.19. The van der Waals surface area contributed by atoms with Crippen molar-refractivity contribution in [1.29, 1.82) is 0 Å². The fourth-order valence-corrected chi connectivity index (χ4v) is 3.61. The van der Waals surface area contributed by atoms with E-state index in [0.29, 0.717) is 24.0 Å². The van der Waals surface area contributed by atoms with Gasteiger partial charge in [0, 0.05) is 12.5 Å². The van der Waals surface area contributed by atoms with Crippen LogP contribution in [0.4, 0.5) is 4.39 Å². The molecule has 1 aromatic carbocycles. The van der Waals surface area contributed by atoms with Gasteiger partial charge in [0.25, 0.3) is 0 Å². The summed E-state index contributed by atoms with van der Waals surface area (Å²) in [5.41, 5.74) is 4.79. The minimum Gasteiger partial charge on any atom is -0.495 e. The van der Waals surface area contributed by atoms with Gasteiger partial charge in [-0.15, -0.1) is 0 Å². The Morgan fingerprint density at radius 1 is 1.27 bits per heavy atom. The topological polar surface area (TPSA) is 74.7 Å². The number of nitrogens with zero attached hydrogens (tertiary/aromatic N) is 2. The van der Waals surface area contributed by atoms with Crippen molar-refractivity contribution in [1.82, 2.24) is 15.4 Å². The lowest BCUT2D eigenvalue weighted by molar-refractivity contribution is -0.133. The van der Waals surface area contributed by atoms with Crippen LogP contribution in [0.15, 0.2) is 30.5 Å². The van der Waals surface area contributed by atoms with E-state index in [0.717, 1.165) is 42.9 Å². The van der Waals surface area contributed by atoms with Crippen LogP contribution < -0.4 is 10.2 Å². The molecule has 0 unspecified atom stereocenters. The summed E-state index contributed by atoms with van der Waals surface area (Å²) in [5, 5.41) is 9.10. The Kier molecular flexibility index (Phi) is 9.20. The summed E-state index contributed by atoms with van der Waals surface area (Å²) in [4.78, 5) is 18.7. The molecule has 2 N–H and O–H groups in total. The molecule has 1 atom stereocenters. The number of halogens is 1. The molecular formula is C23H32FN3O3. The van der Waals surface area contributed by atoms with E-state index < -0.39 is 5.91 Å². The number of carbonyl (C=O) groups is 1. The highest BCUT2D eigenvalue weighted by Crippen LogP contribution is 2.21. The molecule has 0 spiro atoms. The zero-order valence-electron chi connectivity index (χ0n) is 18.2. The van der Waals surface area contributed by atoms with Crippen molar-refractivity contribution in [3.63, 3.8) is 0 Å². The molecule has 164 valence electrons. The Labute approximate surface area is 178 Å². The molecule has 2 rings (SSSR count).